The highest BCUT2D eigenvalue weighted by Crippen LogP contribution is 2.34. The summed E-state index contributed by atoms with van der Waals surface area (Å²) in [7, 11) is 1.77. The Morgan fingerprint density at radius 1 is 1.05 bits per heavy atom. The molecule has 3 nitrogen and oxygen atoms in total. The Hall–Kier alpha value is -2.08. The van der Waals surface area contributed by atoms with E-state index < -0.39 is 11.6 Å². The molecule has 3 aromatic rings. The Bertz CT molecular complexity index is 822. The molecule has 2 aromatic heterocycles. The maximum Gasteiger partial charge on any atom is 0.163 e. The van der Waals surface area contributed by atoms with Gasteiger partial charge in [-0.15, -0.1) is 11.3 Å². The van der Waals surface area contributed by atoms with E-state index in [1.807, 2.05) is 13.8 Å². The molecule has 6 heteroatoms. The van der Waals surface area contributed by atoms with Crippen LogP contribution in [0.25, 0.3) is 21.6 Å². The van der Waals surface area contributed by atoms with Crippen molar-refractivity contribution in [3.05, 3.63) is 40.3 Å². The Balaban J connectivity index is 2.29. The van der Waals surface area contributed by atoms with Gasteiger partial charge in [-0.3, -0.25) is 0 Å². The number of thiophene rings is 1. The predicted molar refractivity (Wildman–Crippen MR) is 81.8 cm³/mol. The van der Waals surface area contributed by atoms with Crippen molar-refractivity contribution in [2.75, 3.05) is 12.4 Å². The fraction of sp³-hybridized carbons (Fsp3) is 0.200. The molecule has 0 spiro atoms. The summed E-state index contributed by atoms with van der Waals surface area (Å²) in [5.41, 5.74) is 1.45. The Kier molecular flexibility index (Phi) is 3.33. The van der Waals surface area contributed by atoms with E-state index in [1.54, 1.807) is 18.4 Å². The smallest absolute Gasteiger partial charge is 0.163 e. The Morgan fingerprint density at radius 2 is 1.71 bits per heavy atom. The molecule has 1 aromatic carbocycles. The van der Waals surface area contributed by atoms with E-state index in [4.69, 9.17) is 0 Å². The minimum Gasteiger partial charge on any atom is -0.372 e. The van der Waals surface area contributed by atoms with Gasteiger partial charge in [-0.25, -0.2) is 18.7 Å². The normalized spacial score (nSPS) is 11.1. The maximum atomic E-state index is 13.4. The fourth-order valence-electron chi connectivity index (χ4n) is 2.24. The molecule has 0 radical (unpaired) electrons. The first-order valence-electron chi connectivity index (χ1n) is 6.41. The first-order chi connectivity index (χ1) is 9.99. The van der Waals surface area contributed by atoms with Crippen LogP contribution in [0.4, 0.5) is 14.6 Å². The Morgan fingerprint density at radius 3 is 2.33 bits per heavy atom. The zero-order valence-corrected chi connectivity index (χ0v) is 12.6. The third-order valence-electron chi connectivity index (χ3n) is 3.39. The number of aryl methyl sites for hydroxylation is 2. The third-order valence-corrected chi connectivity index (χ3v) is 4.49. The molecule has 1 N–H and O–H groups in total. The first kappa shape index (κ1) is 13.9. The zero-order chi connectivity index (χ0) is 15.1. The van der Waals surface area contributed by atoms with E-state index in [9.17, 15) is 8.78 Å². The molecule has 0 aliphatic rings. The highest BCUT2D eigenvalue weighted by Gasteiger charge is 2.15. The molecule has 2 heterocycles. The second-order valence-corrected chi connectivity index (χ2v) is 5.97. The fourth-order valence-corrected chi connectivity index (χ4v) is 3.27. The average Bonchev–Trinajstić information content (AvgIpc) is 2.72. The molecule has 0 saturated carbocycles. The van der Waals surface area contributed by atoms with Gasteiger partial charge < -0.3 is 5.32 Å². The van der Waals surface area contributed by atoms with Gasteiger partial charge in [0.25, 0.3) is 0 Å². The van der Waals surface area contributed by atoms with Crippen LogP contribution in [0, 0.1) is 25.5 Å². The number of benzene rings is 1. The molecule has 0 fully saturated rings. The average molecular weight is 305 g/mol. The molecule has 3 rings (SSSR count). The number of fused-ring (bicyclic) bond motifs is 1. The van der Waals surface area contributed by atoms with E-state index in [-0.39, 0.29) is 0 Å². The minimum atomic E-state index is -0.641. The van der Waals surface area contributed by atoms with Crippen LogP contribution in [0.5, 0.6) is 0 Å². The lowest BCUT2D eigenvalue weighted by Crippen LogP contribution is -1.98. The summed E-state index contributed by atoms with van der Waals surface area (Å²) in [6.07, 6.45) is 0. The van der Waals surface area contributed by atoms with Crippen LogP contribution < -0.4 is 5.32 Å². The zero-order valence-electron chi connectivity index (χ0n) is 11.8. The summed E-state index contributed by atoms with van der Waals surface area (Å²) in [5, 5.41) is 3.99. The quantitative estimate of drug-likeness (QED) is 0.767. The second kappa shape index (κ2) is 5.04. The summed E-state index contributed by atoms with van der Waals surface area (Å²) in [6, 6.07) is 3.30. The summed E-state index contributed by atoms with van der Waals surface area (Å²) >= 11 is 1.55. The second-order valence-electron chi connectivity index (χ2n) is 4.77. The molecule has 0 atom stereocenters. The number of nitrogens with one attached hydrogen (secondary N) is 1. The van der Waals surface area contributed by atoms with Gasteiger partial charge in [0.15, 0.2) is 5.82 Å². The lowest BCUT2D eigenvalue weighted by atomic mass is 10.1. The first-order valence-corrected chi connectivity index (χ1v) is 7.23. The number of aromatic nitrogens is 2. The monoisotopic (exact) mass is 305 g/mol. The number of hydrogen-bond acceptors (Lipinski definition) is 4. The van der Waals surface area contributed by atoms with Crippen LogP contribution >= 0.6 is 11.3 Å². The molecule has 108 valence electrons. The highest BCUT2D eigenvalue weighted by atomic mass is 32.1. The number of halogens is 2. The molecule has 0 amide bonds. The predicted octanol–water partition coefficient (Wildman–Crippen LogP) is 4.30. The summed E-state index contributed by atoms with van der Waals surface area (Å²) in [5.74, 6) is -0.301. The van der Waals surface area contributed by atoms with Crippen molar-refractivity contribution in [1.29, 1.82) is 0 Å². The molecule has 0 bridgehead atoms. The Labute approximate surface area is 124 Å². The topological polar surface area (TPSA) is 37.8 Å². The van der Waals surface area contributed by atoms with Crippen molar-refractivity contribution in [2.24, 2.45) is 0 Å². The van der Waals surface area contributed by atoms with Gasteiger partial charge in [0, 0.05) is 23.6 Å². The molecule has 21 heavy (non-hydrogen) atoms. The number of anilines is 1. The van der Waals surface area contributed by atoms with Gasteiger partial charge >= 0.3 is 0 Å². The third kappa shape index (κ3) is 2.35. The lowest BCUT2D eigenvalue weighted by molar-refractivity contribution is 0.584. The van der Waals surface area contributed by atoms with Crippen molar-refractivity contribution in [1.82, 2.24) is 9.97 Å². The van der Waals surface area contributed by atoms with E-state index in [2.05, 4.69) is 15.3 Å². The van der Waals surface area contributed by atoms with Crippen LogP contribution in [0.15, 0.2) is 18.2 Å². The van der Waals surface area contributed by atoms with Gasteiger partial charge in [-0.2, -0.15) is 0 Å². The lowest BCUT2D eigenvalue weighted by Gasteiger charge is -2.07. The van der Waals surface area contributed by atoms with E-state index >= 15 is 0 Å². The van der Waals surface area contributed by atoms with Gasteiger partial charge in [0.05, 0.1) is 5.39 Å². The van der Waals surface area contributed by atoms with E-state index in [1.165, 1.54) is 12.1 Å². The van der Waals surface area contributed by atoms with Gasteiger partial charge in [-0.05, 0) is 31.5 Å². The minimum absolute atomic E-state index is 0.312. The van der Waals surface area contributed by atoms with Crippen LogP contribution in [0.1, 0.15) is 10.4 Å². The highest BCUT2D eigenvalue weighted by molar-refractivity contribution is 7.18. The molecular formula is C15H13F2N3S. The molecule has 0 unspecified atom stereocenters. The number of nitrogens with zero attached hydrogens (tertiary/aromatic N) is 2. The van der Waals surface area contributed by atoms with Crippen LogP contribution in [0.3, 0.4) is 0 Å². The number of rotatable bonds is 2. The van der Waals surface area contributed by atoms with Crippen molar-refractivity contribution in [2.45, 2.75) is 13.8 Å². The molecule has 0 saturated heterocycles. The largest absolute Gasteiger partial charge is 0.372 e. The van der Waals surface area contributed by atoms with Gasteiger partial charge in [0.2, 0.25) is 0 Å². The van der Waals surface area contributed by atoms with Crippen molar-refractivity contribution >= 4 is 27.4 Å². The van der Waals surface area contributed by atoms with Crippen molar-refractivity contribution < 1.29 is 8.78 Å². The summed E-state index contributed by atoms with van der Waals surface area (Å²) in [4.78, 5) is 10.8. The summed E-state index contributed by atoms with van der Waals surface area (Å²) < 4.78 is 26.7. The van der Waals surface area contributed by atoms with Crippen LogP contribution in [0.2, 0.25) is 0 Å². The molecule has 0 aliphatic heterocycles. The standard InChI is InChI=1S/C15H13F2N3S/c1-7-8(2)21-15-12(7)14(18-3)19-13(20-15)9-4-10(16)6-11(17)5-9/h4-6H,1-3H3,(H,18,19,20). The SMILES string of the molecule is CNc1nc(-c2cc(F)cc(F)c2)nc2sc(C)c(C)c12. The molecular weight excluding hydrogens is 292 g/mol. The van der Waals surface area contributed by atoms with Gasteiger partial charge in [0.1, 0.15) is 22.3 Å². The maximum absolute atomic E-state index is 13.4. The van der Waals surface area contributed by atoms with E-state index in [0.29, 0.717) is 17.2 Å². The summed E-state index contributed by atoms with van der Waals surface area (Å²) in [6.45, 7) is 4.03. The van der Waals surface area contributed by atoms with Crippen molar-refractivity contribution in [3.8, 4) is 11.4 Å². The van der Waals surface area contributed by atoms with E-state index in [0.717, 1.165) is 26.7 Å². The number of hydrogen-bond donors (Lipinski definition) is 1. The van der Waals surface area contributed by atoms with Crippen LogP contribution in [-0.4, -0.2) is 17.0 Å². The van der Waals surface area contributed by atoms with Crippen molar-refractivity contribution in [3.63, 3.8) is 0 Å². The van der Waals surface area contributed by atoms with Crippen LogP contribution in [-0.2, 0) is 0 Å². The molecule has 0 aliphatic carbocycles. The van der Waals surface area contributed by atoms with Gasteiger partial charge in [-0.1, -0.05) is 0 Å².